The predicted octanol–water partition coefficient (Wildman–Crippen LogP) is 2.06. The van der Waals surface area contributed by atoms with Gasteiger partial charge in [-0.15, -0.1) is 0 Å². The first-order valence-electron chi connectivity index (χ1n) is 6.30. The first-order chi connectivity index (χ1) is 11.4. The molecule has 0 unspecified atom stereocenters. The average Bonchev–Trinajstić information content (AvgIpc) is 2.99. The molecule has 0 amide bonds. The van der Waals surface area contributed by atoms with Gasteiger partial charge in [-0.05, 0) is 18.2 Å². The molecule has 10 nitrogen and oxygen atoms in total. The number of halogens is 1. The third-order valence-corrected chi connectivity index (χ3v) is 3.27. The Bertz CT molecular complexity index is 1010. The maximum Gasteiger partial charge on any atom is 0.315 e. The van der Waals surface area contributed by atoms with Crippen LogP contribution in [-0.4, -0.2) is 30.3 Å². The van der Waals surface area contributed by atoms with Gasteiger partial charge in [0.25, 0.3) is 11.4 Å². The molecule has 0 fully saturated rings. The summed E-state index contributed by atoms with van der Waals surface area (Å²) in [6.07, 6.45) is 0. The molecule has 0 aliphatic heterocycles. The number of phenolic OH excluding ortho intramolecular Hbond substituents is 2. The number of nitro benzene ring substituents is 1. The highest BCUT2D eigenvalue weighted by molar-refractivity contribution is 6.29. The monoisotopic (exact) mass is 350 g/mol. The van der Waals surface area contributed by atoms with E-state index in [1.807, 2.05) is 0 Å². The van der Waals surface area contributed by atoms with Crippen molar-refractivity contribution in [2.75, 3.05) is 0 Å². The first kappa shape index (κ1) is 15.5. The average molecular weight is 351 g/mol. The largest absolute Gasteiger partial charge is 0.504 e. The highest BCUT2D eigenvalue weighted by Crippen LogP contribution is 2.39. The number of hydrogen-bond acceptors (Lipinski definition) is 8. The second-order valence-electron chi connectivity index (χ2n) is 4.59. The van der Waals surface area contributed by atoms with Crippen molar-refractivity contribution >= 4 is 17.3 Å². The van der Waals surface area contributed by atoms with Crippen LogP contribution >= 0.6 is 11.6 Å². The van der Waals surface area contributed by atoms with E-state index in [1.165, 1.54) is 12.1 Å². The van der Waals surface area contributed by atoms with Crippen LogP contribution in [-0.2, 0) is 0 Å². The van der Waals surface area contributed by atoms with Crippen LogP contribution in [0.2, 0.25) is 5.15 Å². The topological polar surface area (TPSA) is 155 Å². The molecular formula is C13H7ClN4O6. The summed E-state index contributed by atoms with van der Waals surface area (Å²) in [5, 5.41) is 33.7. The van der Waals surface area contributed by atoms with E-state index in [1.54, 1.807) is 0 Å². The Morgan fingerprint density at radius 2 is 2.04 bits per heavy atom. The molecule has 0 bridgehead atoms. The molecule has 0 aliphatic rings. The molecule has 1 aromatic carbocycles. The highest BCUT2D eigenvalue weighted by Gasteiger charge is 2.22. The lowest BCUT2D eigenvalue weighted by Gasteiger charge is -2.01. The first-order valence-corrected chi connectivity index (χ1v) is 6.68. The van der Waals surface area contributed by atoms with Gasteiger partial charge >= 0.3 is 5.69 Å². The number of nitro groups is 1. The van der Waals surface area contributed by atoms with E-state index in [0.717, 1.165) is 12.1 Å². The number of nitrogens with one attached hydrogen (secondary N) is 1. The van der Waals surface area contributed by atoms with Gasteiger partial charge in [0.05, 0.1) is 16.1 Å². The molecular weight excluding hydrogens is 344 g/mol. The van der Waals surface area contributed by atoms with Gasteiger partial charge in [0.15, 0.2) is 5.75 Å². The number of aromatic nitrogens is 3. The third kappa shape index (κ3) is 2.65. The number of phenols is 2. The predicted molar refractivity (Wildman–Crippen MR) is 80.8 cm³/mol. The van der Waals surface area contributed by atoms with Gasteiger partial charge in [-0.2, -0.15) is 4.98 Å². The van der Waals surface area contributed by atoms with Crippen LogP contribution in [0, 0.1) is 10.1 Å². The molecule has 11 heteroatoms. The van der Waals surface area contributed by atoms with Crippen molar-refractivity contribution in [1.82, 2.24) is 15.1 Å². The Hall–Kier alpha value is -3.40. The van der Waals surface area contributed by atoms with E-state index in [0.29, 0.717) is 0 Å². The molecule has 0 atom stereocenters. The zero-order chi connectivity index (χ0) is 17.4. The normalized spacial score (nSPS) is 10.7. The van der Waals surface area contributed by atoms with Gasteiger partial charge in [0, 0.05) is 6.07 Å². The Balaban J connectivity index is 2.08. The molecule has 2 aromatic heterocycles. The highest BCUT2D eigenvalue weighted by atomic mass is 35.5. The summed E-state index contributed by atoms with van der Waals surface area (Å²) in [7, 11) is 0. The van der Waals surface area contributed by atoms with Gasteiger partial charge in [-0.3, -0.25) is 14.9 Å². The van der Waals surface area contributed by atoms with Crippen molar-refractivity contribution in [3.63, 3.8) is 0 Å². The molecule has 2 heterocycles. The third-order valence-electron chi connectivity index (χ3n) is 3.05. The SMILES string of the molecule is O=c1[nH]c(Cl)ccc1-c1noc(-c2cc(O)c(O)c([N+](=O)[O-])c2)n1. The number of hydrogen-bond donors (Lipinski definition) is 3. The maximum atomic E-state index is 11.8. The molecule has 3 rings (SSSR count). The second kappa shape index (κ2) is 5.66. The summed E-state index contributed by atoms with van der Waals surface area (Å²) in [4.78, 5) is 28.1. The van der Waals surface area contributed by atoms with Crippen molar-refractivity contribution in [3.8, 4) is 34.3 Å². The molecule has 0 saturated carbocycles. The molecule has 0 radical (unpaired) electrons. The molecule has 24 heavy (non-hydrogen) atoms. The van der Waals surface area contributed by atoms with E-state index in [2.05, 4.69) is 15.1 Å². The van der Waals surface area contributed by atoms with Gasteiger partial charge < -0.3 is 19.7 Å². The quantitative estimate of drug-likeness (QED) is 0.280. The van der Waals surface area contributed by atoms with Gasteiger partial charge in [-0.1, -0.05) is 16.8 Å². The fraction of sp³-hybridized carbons (Fsp3) is 0. The standard InChI is InChI=1S/C13H7ClN4O6/c14-9-2-1-6(12(21)15-9)11-16-13(24-17-11)5-3-7(18(22)23)10(20)8(19)4-5/h1-4,19-20H,(H,15,21). The zero-order valence-corrected chi connectivity index (χ0v) is 12.3. The summed E-state index contributed by atoms with van der Waals surface area (Å²) in [5.41, 5.74) is -1.20. The molecule has 0 saturated heterocycles. The molecule has 3 aromatic rings. The van der Waals surface area contributed by atoms with Crippen molar-refractivity contribution in [2.45, 2.75) is 0 Å². The number of aromatic hydroxyl groups is 2. The fourth-order valence-electron chi connectivity index (χ4n) is 1.94. The van der Waals surface area contributed by atoms with Crippen molar-refractivity contribution in [2.24, 2.45) is 0 Å². The van der Waals surface area contributed by atoms with E-state index < -0.39 is 27.7 Å². The minimum absolute atomic E-state index is 0.00106. The van der Waals surface area contributed by atoms with Crippen molar-refractivity contribution in [1.29, 1.82) is 0 Å². The number of benzene rings is 1. The number of nitrogens with zero attached hydrogens (tertiary/aromatic N) is 3. The van der Waals surface area contributed by atoms with Crippen LogP contribution in [0.1, 0.15) is 0 Å². The van der Waals surface area contributed by atoms with E-state index in [9.17, 15) is 25.1 Å². The van der Waals surface area contributed by atoms with Crippen LogP contribution in [0.3, 0.4) is 0 Å². The molecule has 122 valence electrons. The smallest absolute Gasteiger partial charge is 0.315 e. The lowest BCUT2D eigenvalue weighted by Crippen LogP contribution is -2.08. The number of H-pyrrole nitrogens is 1. The number of rotatable bonds is 3. The van der Waals surface area contributed by atoms with E-state index >= 15 is 0 Å². The summed E-state index contributed by atoms with van der Waals surface area (Å²) in [6, 6.07) is 4.78. The van der Waals surface area contributed by atoms with Crippen LogP contribution in [0.5, 0.6) is 11.5 Å². The van der Waals surface area contributed by atoms with Crippen LogP contribution in [0.4, 0.5) is 5.69 Å². The van der Waals surface area contributed by atoms with Gasteiger partial charge in [0.1, 0.15) is 5.15 Å². The van der Waals surface area contributed by atoms with Crippen molar-refractivity contribution < 1.29 is 19.7 Å². The van der Waals surface area contributed by atoms with Crippen LogP contribution < -0.4 is 5.56 Å². The minimum atomic E-state index is -0.877. The number of aromatic amines is 1. The Labute approximate surface area is 137 Å². The Kier molecular flexibility index (Phi) is 3.66. The lowest BCUT2D eigenvalue weighted by molar-refractivity contribution is -0.385. The Morgan fingerprint density at radius 1 is 1.29 bits per heavy atom. The van der Waals surface area contributed by atoms with Crippen LogP contribution in [0.15, 0.2) is 33.6 Å². The van der Waals surface area contributed by atoms with Crippen LogP contribution in [0.25, 0.3) is 22.8 Å². The summed E-state index contributed by atoms with van der Waals surface area (Å²) < 4.78 is 4.96. The number of pyridine rings is 1. The van der Waals surface area contributed by atoms with E-state index in [4.69, 9.17) is 16.1 Å². The van der Waals surface area contributed by atoms with Gasteiger partial charge in [-0.25, -0.2) is 0 Å². The van der Waals surface area contributed by atoms with Crippen molar-refractivity contribution in [3.05, 3.63) is 49.9 Å². The van der Waals surface area contributed by atoms with Gasteiger partial charge in [0.2, 0.25) is 11.6 Å². The summed E-state index contributed by atoms with van der Waals surface area (Å²) in [6.45, 7) is 0. The second-order valence-corrected chi connectivity index (χ2v) is 5.00. The minimum Gasteiger partial charge on any atom is -0.504 e. The summed E-state index contributed by atoms with van der Waals surface area (Å²) >= 11 is 5.65. The van der Waals surface area contributed by atoms with E-state index in [-0.39, 0.29) is 28.0 Å². The lowest BCUT2D eigenvalue weighted by atomic mass is 10.1. The molecule has 0 aliphatic carbocycles. The summed E-state index contributed by atoms with van der Waals surface area (Å²) in [5.74, 6) is -1.85. The maximum absolute atomic E-state index is 11.8. The molecule has 3 N–H and O–H groups in total. The zero-order valence-electron chi connectivity index (χ0n) is 11.6. The molecule has 0 spiro atoms. The fourth-order valence-corrected chi connectivity index (χ4v) is 2.09. The Morgan fingerprint density at radius 3 is 2.71 bits per heavy atom.